The Kier molecular flexibility index (Phi) is 14.8. The monoisotopic (exact) mass is 331 g/mol. The second kappa shape index (κ2) is 14.6. The fourth-order valence-electron chi connectivity index (χ4n) is 1.92. The van der Waals surface area contributed by atoms with Gasteiger partial charge in [-0.15, -0.1) is 0 Å². The van der Waals surface area contributed by atoms with Crippen LogP contribution in [0.5, 0.6) is 0 Å². The highest BCUT2D eigenvalue weighted by molar-refractivity contribution is 5.29. The van der Waals surface area contributed by atoms with E-state index < -0.39 is 0 Å². The van der Waals surface area contributed by atoms with Gasteiger partial charge in [0.2, 0.25) is 0 Å². The maximum atomic E-state index is 8.84. The van der Waals surface area contributed by atoms with Gasteiger partial charge in [-0.05, 0) is 50.4 Å². The molecule has 3 heteroatoms. The minimum absolute atomic E-state index is 0.146. The molecule has 0 unspecified atom stereocenters. The molecule has 3 nitrogen and oxygen atoms in total. The molecule has 2 aromatic carbocycles. The van der Waals surface area contributed by atoms with Crippen LogP contribution in [0.4, 0.5) is 0 Å². The van der Waals surface area contributed by atoms with Crippen LogP contribution in [0.1, 0.15) is 47.6 Å². The lowest BCUT2D eigenvalue weighted by atomic mass is 10.0. The second-order valence-electron chi connectivity index (χ2n) is 5.65. The Morgan fingerprint density at radius 3 is 1.75 bits per heavy atom. The maximum Gasteiger partial charge on any atom is 0.106 e. The largest absolute Gasteiger partial charge is 0.392 e. The Labute approximate surface area is 147 Å². The number of rotatable bonds is 2. The molecule has 0 saturated heterocycles. The number of carbonyl (C=O) groups excluding carboxylic acids is 1. The molecule has 0 bridgehead atoms. The fraction of sp³-hybridized carbons (Fsp3) is 0.381. The molecule has 134 valence electrons. The van der Waals surface area contributed by atoms with Crippen molar-refractivity contribution in [1.82, 2.24) is 0 Å². The molecule has 0 aliphatic rings. The lowest BCUT2D eigenvalue weighted by Crippen LogP contribution is -1.88. The summed E-state index contributed by atoms with van der Waals surface area (Å²) in [5, 5.41) is 8.84. The van der Waals surface area contributed by atoms with E-state index in [-0.39, 0.29) is 6.61 Å². The Balaban J connectivity index is 0. The van der Waals surface area contributed by atoms with Crippen molar-refractivity contribution in [2.24, 2.45) is 5.73 Å². The molecule has 3 N–H and O–H groups in total. The van der Waals surface area contributed by atoms with Gasteiger partial charge in [0, 0.05) is 0 Å². The summed E-state index contributed by atoms with van der Waals surface area (Å²) in [6, 6.07) is 14.8. The predicted molar refractivity (Wildman–Crippen MR) is 104 cm³/mol. The summed E-state index contributed by atoms with van der Waals surface area (Å²) in [5.74, 6) is 0.653. The zero-order valence-electron chi connectivity index (χ0n) is 16.0. The molecular formula is C21H33NO2. The van der Waals surface area contributed by atoms with Gasteiger partial charge in [-0.1, -0.05) is 67.4 Å². The van der Waals surface area contributed by atoms with Crippen molar-refractivity contribution in [2.45, 2.75) is 47.1 Å². The van der Waals surface area contributed by atoms with Crippen molar-refractivity contribution in [1.29, 1.82) is 0 Å². The zero-order chi connectivity index (χ0) is 19.1. The number of aryl methyl sites for hydroxylation is 3. The number of hydrogen-bond donors (Lipinski definition) is 2. The number of nitrogens with two attached hydrogens (primary N) is 1. The first-order valence-corrected chi connectivity index (χ1v) is 8.04. The van der Waals surface area contributed by atoms with Gasteiger partial charge in [-0.2, -0.15) is 0 Å². The molecule has 0 amide bonds. The Bertz CT molecular complexity index is 548. The molecule has 0 spiro atoms. The van der Waals surface area contributed by atoms with E-state index in [1.54, 1.807) is 0 Å². The molecule has 0 heterocycles. The summed E-state index contributed by atoms with van der Waals surface area (Å²) in [5.41, 5.74) is 10.7. The van der Waals surface area contributed by atoms with Gasteiger partial charge in [0.1, 0.15) is 6.79 Å². The number of benzene rings is 2. The van der Waals surface area contributed by atoms with Gasteiger partial charge < -0.3 is 15.6 Å². The maximum absolute atomic E-state index is 8.84. The van der Waals surface area contributed by atoms with Crippen molar-refractivity contribution in [3.05, 3.63) is 70.3 Å². The molecule has 2 aromatic rings. The summed E-state index contributed by atoms with van der Waals surface area (Å²) in [4.78, 5) is 8.00. The summed E-state index contributed by atoms with van der Waals surface area (Å²) < 4.78 is 0. The topological polar surface area (TPSA) is 63.3 Å². The quantitative estimate of drug-likeness (QED) is 0.862. The van der Waals surface area contributed by atoms with Gasteiger partial charge >= 0.3 is 0 Å². The third-order valence-electron chi connectivity index (χ3n) is 3.42. The highest BCUT2D eigenvalue weighted by atomic mass is 16.3. The Morgan fingerprint density at radius 1 is 0.917 bits per heavy atom. The molecule has 0 radical (unpaired) electrons. The van der Waals surface area contributed by atoms with E-state index in [1.807, 2.05) is 32.8 Å². The van der Waals surface area contributed by atoms with E-state index >= 15 is 0 Å². The van der Waals surface area contributed by atoms with E-state index in [9.17, 15) is 0 Å². The van der Waals surface area contributed by atoms with Crippen molar-refractivity contribution >= 4 is 6.79 Å². The predicted octanol–water partition coefficient (Wildman–Crippen LogP) is 4.30. The zero-order valence-corrected chi connectivity index (χ0v) is 16.0. The lowest BCUT2D eigenvalue weighted by molar-refractivity contribution is -0.0979. The van der Waals surface area contributed by atoms with Gasteiger partial charge in [-0.25, -0.2) is 0 Å². The first kappa shape index (κ1) is 24.3. The van der Waals surface area contributed by atoms with Crippen LogP contribution < -0.4 is 5.73 Å². The molecule has 0 fully saturated rings. The van der Waals surface area contributed by atoms with Crippen molar-refractivity contribution in [2.75, 3.05) is 7.05 Å². The highest BCUT2D eigenvalue weighted by Crippen LogP contribution is 2.13. The number of aliphatic hydroxyl groups excluding tert-OH is 1. The molecule has 0 aliphatic carbocycles. The first-order valence-electron chi connectivity index (χ1n) is 8.04. The fourth-order valence-corrected chi connectivity index (χ4v) is 1.92. The molecule has 0 aliphatic heterocycles. The summed E-state index contributed by atoms with van der Waals surface area (Å²) in [6.45, 7) is 12.7. The van der Waals surface area contributed by atoms with Crippen LogP contribution in [0.2, 0.25) is 0 Å². The highest BCUT2D eigenvalue weighted by Gasteiger charge is 1.95. The number of hydrogen-bond acceptors (Lipinski definition) is 3. The smallest absolute Gasteiger partial charge is 0.106 e. The van der Waals surface area contributed by atoms with E-state index in [0.717, 1.165) is 11.1 Å². The lowest BCUT2D eigenvalue weighted by Gasteiger charge is -2.03. The third-order valence-corrected chi connectivity index (χ3v) is 3.42. The van der Waals surface area contributed by atoms with E-state index in [2.05, 4.69) is 56.8 Å². The van der Waals surface area contributed by atoms with Crippen LogP contribution in [0, 0.1) is 20.8 Å². The SMILES string of the molecule is C=O.CN.Cc1ccc(C(C)C)cc1.Cc1ccc(C)c(CO)c1. The molecule has 0 saturated carbocycles. The van der Waals surface area contributed by atoms with Crippen LogP contribution in [0.15, 0.2) is 42.5 Å². The Hall–Kier alpha value is -1.97. The average Bonchev–Trinajstić information content (AvgIpc) is 2.61. The molecule has 24 heavy (non-hydrogen) atoms. The van der Waals surface area contributed by atoms with Crippen LogP contribution in [-0.2, 0) is 11.4 Å². The molecular weight excluding hydrogens is 298 g/mol. The summed E-state index contributed by atoms with van der Waals surface area (Å²) >= 11 is 0. The van der Waals surface area contributed by atoms with Gasteiger partial charge in [0.05, 0.1) is 6.61 Å². The second-order valence-corrected chi connectivity index (χ2v) is 5.65. The number of carbonyl (C=O) groups is 1. The Morgan fingerprint density at radius 2 is 1.38 bits per heavy atom. The molecule has 0 aromatic heterocycles. The molecule has 0 atom stereocenters. The van der Waals surface area contributed by atoms with Gasteiger partial charge in [0.25, 0.3) is 0 Å². The third kappa shape index (κ3) is 9.93. The van der Waals surface area contributed by atoms with Crippen LogP contribution in [0.25, 0.3) is 0 Å². The van der Waals surface area contributed by atoms with E-state index in [4.69, 9.17) is 9.90 Å². The van der Waals surface area contributed by atoms with Crippen LogP contribution in [0.3, 0.4) is 0 Å². The first-order chi connectivity index (χ1) is 11.4. The summed E-state index contributed by atoms with van der Waals surface area (Å²) in [7, 11) is 1.50. The average molecular weight is 332 g/mol. The van der Waals surface area contributed by atoms with E-state index in [1.165, 1.54) is 23.7 Å². The van der Waals surface area contributed by atoms with Crippen molar-refractivity contribution in [3.8, 4) is 0 Å². The van der Waals surface area contributed by atoms with Gasteiger partial charge in [0.15, 0.2) is 0 Å². The normalized spacial score (nSPS) is 8.88. The van der Waals surface area contributed by atoms with Crippen LogP contribution in [-0.4, -0.2) is 18.9 Å². The summed E-state index contributed by atoms with van der Waals surface area (Å²) in [6.07, 6.45) is 0. The van der Waals surface area contributed by atoms with E-state index in [0.29, 0.717) is 5.92 Å². The van der Waals surface area contributed by atoms with Crippen LogP contribution >= 0.6 is 0 Å². The standard InChI is InChI=1S/C10H14.C9H12O.CH5N.CH2O/c1-8(2)10-6-4-9(3)5-7-10;1-7-3-4-8(2)9(5-7)6-10;2*1-2/h4-8H,1-3H3;3-5,10H,6H2,1-2H3;2H2,1H3;1H2. The minimum Gasteiger partial charge on any atom is -0.392 e. The van der Waals surface area contributed by atoms with Gasteiger partial charge in [-0.3, -0.25) is 0 Å². The number of aliphatic hydroxyl groups is 1. The minimum atomic E-state index is 0.146. The van der Waals surface area contributed by atoms with Crippen molar-refractivity contribution in [3.63, 3.8) is 0 Å². The molecule has 2 rings (SSSR count). The van der Waals surface area contributed by atoms with Crippen molar-refractivity contribution < 1.29 is 9.90 Å².